The van der Waals surface area contributed by atoms with Gasteiger partial charge in [-0.05, 0) is 32.3 Å². The third-order valence-corrected chi connectivity index (χ3v) is 3.23. The summed E-state index contributed by atoms with van der Waals surface area (Å²) in [5, 5.41) is 3.07. The van der Waals surface area contributed by atoms with E-state index < -0.39 is 0 Å². The maximum atomic E-state index is 5.93. The van der Waals surface area contributed by atoms with Gasteiger partial charge in [0.05, 0.1) is 6.54 Å². The zero-order valence-electron chi connectivity index (χ0n) is 14.1. The molecule has 0 amide bonds. The molecule has 0 saturated heterocycles. The van der Waals surface area contributed by atoms with Crippen molar-refractivity contribution < 1.29 is 4.74 Å². The van der Waals surface area contributed by atoms with Gasteiger partial charge in [-0.1, -0.05) is 36.4 Å². The molecule has 0 aliphatic rings. The first-order valence-corrected chi connectivity index (χ1v) is 7.62. The molecular formula is C18H25IN4O. The van der Waals surface area contributed by atoms with Crippen LogP contribution in [0.25, 0.3) is 0 Å². The van der Waals surface area contributed by atoms with Crippen molar-refractivity contribution in [2.75, 3.05) is 32.6 Å². The van der Waals surface area contributed by atoms with Gasteiger partial charge in [0, 0.05) is 17.8 Å². The monoisotopic (exact) mass is 440 g/mol. The van der Waals surface area contributed by atoms with Gasteiger partial charge in [-0.3, -0.25) is 0 Å². The van der Waals surface area contributed by atoms with Crippen molar-refractivity contribution in [1.82, 2.24) is 4.90 Å². The molecule has 24 heavy (non-hydrogen) atoms. The third kappa shape index (κ3) is 7.18. The zero-order valence-corrected chi connectivity index (χ0v) is 16.4. The number of guanidine groups is 1. The number of ether oxygens (including phenoxy) is 1. The van der Waals surface area contributed by atoms with Gasteiger partial charge in [-0.2, -0.15) is 0 Å². The van der Waals surface area contributed by atoms with Crippen LogP contribution in [0.2, 0.25) is 0 Å². The lowest BCUT2D eigenvalue weighted by molar-refractivity contribution is 0.259. The summed E-state index contributed by atoms with van der Waals surface area (Å²) in [7, 11) is 4.05. The minimum atomic E-state index is 0. The Bertz CT molecular complexity index is 632. The fourth-order valence-corrected chi connectivity index (χ4v) is 1.99. The lowest BCUT2D eigenvalue weighted by Gasteiger charge is -2.13. The Morgan fingerprint density at radius 3 is 2.46 bits per heavy atom. The molecule has 0 aromatic heterocycles. The first kappa shape index (κ1) is 20.2. The zero-order chi connectivity index (χ0) is 16.5. The van der Waals surface area contributed by atoms with Crippen molar-refractivity contribution in [3.05, 3.63) is 60.2 Å². The third-order valence-electron chi connectivity index (χ3n) is 3.23. The summed E-state index contributed by atoms with van der Waals surface area (Å²) in [4.78, 5) is 6.47. The normalized spacial score (nSPS) is 11.0. The van der Waals surface area contributed by atoms with Crippen molar-refractivity contribution in [3.8, 4) is 5.75 Å². The van der Waals surface area contributed by atoms with Crippen LogP contribution in [-0.2, 0) is 6.54 Å². The Morgan fingerprint density at radius 2 is 1.75 bits per heavy atom. The predicted octanol–water partition coefficient (Wildman–Crippen LogP) is 3.17. The van der Waals surface area contributed by atoms with Gasteiger partial charge in [0.1, 0.15) is 12.4 Å². The summed E-state index contributed by atoms with van der Waals surface area (Å²) in [6, 6.07) is 17.6. The maximum absolute atomic E-state index is 5.93. The number of anilines is 1. The van der Waals surface area contributed by atoms with Crippen LogP contribution in [0.1, 0.15) is 5.56 Å². The highest BCUT2D eigenvalue weighted by Crippen LogP contribution is 2.18. The molecule has 0 fully saturated rings. The van der Waals surface area contributed by atoms with Gasteiger partial charge >= 0.3 is 0 Å². The van der Waals surface area contributed by atoms with Crippen LogP contribution in [0.15, 0.2) is 59.6 Å². The number of para-hydroxylation sites is 2. The van der Waals surface area contributed by atoms with Crippen LogP contribution in [0.4, 0.5) is 5.69 Å². The Balaban J connectivity index is 0.00000288. The van der Waals surface area contributed by atoms with E-state index in [9.17, 15) is 0 Å². The molecule has 0 radical (unpaired) electrons. The van der Waals surface area contributed by atoms with Crippen molar-refractivity contribution in [2.24, 2.45) is 10.7 Å². The second kappa shape index (κ2) is 10.9. The Kier molecular flexibility index (Phi) is 9.18. The number of nitrogens with one attached hydrogen (secondary N) is 1. The number of nitrogens with two attached hydrogens (primary N) is 1. The second-order valence-corrected chi connectivity index (χ2v) is 5.45. The topological polar surface area (TPSA) is 62.9 Å². The molecule has 0 aliphatic heterocycles. The smallest absolute Gasteiger partial charge is 0.193 e. The molecule has 0 saturated carbocycles. The Hall–Kier alpha value is -1.80. The largest absolute Gasteiger partial charge is 0.492 e. The number of nitrogens with zero attached hydrogens (tertiary/aromatic N) is 2. The number of aliphatic imine (C=N–C) groups is 1. The average molecular weight is 440 g/mol. The summed E-state index contributed by atoms with van der Waals surface area (Å²) >= 11 is 0. The number of halogens is 1. The van der Waals surface area contributed by atoms with Crippen LogP contribution in [-0.4, -0.2) is 38.1 Å². The van der Waals surface area contributed by atoms with Gasteiger partial charge < -0.3 is 20.7 Å². The van der Waals surface area contributed by atoms with Crippen molar-refractivity contribution in [2.45, 2.75) is 6.54 Å². The summed E-state index contributed by atoms with van der Waals surface area (Å²) in [6.07, 6.45) is 0. The Labute approximate surface area is 160 Å². The minimum absolute atomic E-state index is 0. The summed E-state index contributed by atoms with van der Waals surface area (Å²) in [6.45, 7) is 1.99. The number of likely N-dealkylation sites (N-methyl/N-ethyl adjacent to an activating group) is 1. The van der Waals surface area contributed by atoms with Crippen molar-refractivity contribution in [3.63, 3.8) is 0 Å². The highest BCUT2D eigenvalue weighted by Gasteiger charge is 2.03. The summed E-state index contributed by atoms with van der Waals surface area (Å²) in [5.41, 5.74) is 7.87. The number of benzene rings is 2. The molecule has 0 bridgehead atoms. The van der Waals surface area contributed by atoms with Gasteiger partial charge in [-0.15, -0.1) is 24.0 Å². The molecule has 6 heteroatoms. The molecule has 3 N–H and O–H groups in total. The SMILES string of the molecule is CN(C)CCOc1ccccc1CN=C(N)Nc1ccccc1.I. The fraction of sp³-hybridized carbons (Fsp3) is 0.278. The van der Waals surface area contributed by atoms with Crippen molar-refractivity contribution in [1.29, 1.82) is 0 Å². The molecule has 5 nitrogen and oxygen atoms in total. The van der Waals surface area contributed by atoms with Gasteiger partial charge in [-0.25, -0.2) is 4.99 Å². The van der Waals surface area contributed by atoms with E-state index in [1.54, 1.807) is 0 Å². The van der Waals surface area contributed by atoms with E-state index in [-0.39, 0.29) is 24.0 Å². The van der Waals surface area contributed by atoms with Crippen molar-refractivity contribution >= 4 is 35.6 Å². The minimum Gasteiger partial charge on any atom is -0.492 e. The molecule has 0 heterocycles. The van der Waals surface area contributed by atoms with E-state index in [0.29, 0.717) is 19.1 Å². The highest BCUT2D eigenvalue weighted by atomic mass is 127. The van der Waals surface area contributed by atoms with Crippen LogP contribution >= 0.6 is 24.0 Å². The van der Waals surface area contributed by atoms with Crippen LogP contribution < -0.4 is 15.8 Å². The quantitative estimate of drug-likeness (QED) is 0.395. The molecular weight excluding hydrogens is 415 g/mol. The van der Waals surface area contributed by atoms with E-state index in [1.165, 1.54) is 0 Å². The van der Waals surface area contributed by atoms with E-state index in [4.69, 9.17) is 10.5 Å². The molecule has 2 aromatic carbocycles. The number of rotatable bonds is 7. The van der Waals surface area contributed by atoms with E-state index in [1.807, 2.05) is 68.7 Å². The van der Waals surface area contributed by atoms with E-state index in [2.05, 4.69) is 15.2 Å². The van der Waals surface area contributed by atoms with E-state index >= 15 is 0 Å². The van der Waals surface area contributed by atoms with Crippen LogP contribution in [0.5, 0.6) is 5.75 Å². The second-order valence-electron chi connectivity index (χ2n) is 5.45. The molecule has 2 rings (SSSR count). The molecule has 0 unspecified atom stereocenters. The average Bonchev–Trinajstić information content (AvgIpc) is 2.54. The summed E-state index contributed by atoms with van der Waals surface area (Å²) in [5.74, 6) is 1.24. The first-order valence-electron chi connectivity index (χ1n) is 7.62. The fourth-order valence-electron chi connectivity index (χ4n) is 1.99. The Morgan fingerprint density at radius 1 is 1.08 bits per heavy atom. The lowest BCUT2D eigenvalue weighted by Crippen LogP contribution is -2.22. The molecule has 2 aromatic rings. The summed E-state index contributed by atoms with van der Waals surface area (Å²) < 4.78 is 5.83. The lowest BCUT2D eigenvalue weighted by atomic mass is 10.2. The van der Waals surface area contributed by atoms with Gasteiger partial charge in [0.25, 0.3) is 0 Å². The number of hydrogen-bond donors (Lipinski definition) is 2. The van der Waals surface area contributed by atoms with Gasteiger partial charge in [0.2, 0.25) is 0 Å². The molecule has 0 atom stereocenters. The first-order chi connectivity index (χ1) is 11.1. The van der Waals surface area contributed by atoms with E-state index in [0.717, 1.165) is 23.5 Å². The molecule has 0 spiro atoms. The molecule has 0 aliphatic carbocycles. The predicted molar refractivity (Wildman–Crippen MR) is 111 cm³/mol. The standard InChI is InChI=1S/C18H24N4O.HI/c1-22(2)12-13-23-17-11-7-6-8-15(17)14-20-18(19)21-16-9-4-3-5-10-16;/h3-11H,12-14H2,1-2H3,(H3,19,20,21);1H. The van der Waals surface area contributed by atoms with Crippen LogP contribution in [0.3, 0.4) is 0 Å². The highest BCUT2D eigenvalue weighted by molar-refractivity contribution is 14.0. The van der Waals surface area contributed by atoms with Gasteiger partial charge in [0.15, 0.2) is 5.96 Å². The number of hydrogen-bond acceptors (Lipinski definition) is 3. The molecule has 130 valence electrons. The maximum Gasteiger partial charge on any atom is 0.193 e. The van der Waals surface area contributed by atoms with Crippen LogP contribution in [0, 0.1) is 0 Å².